The first-order valence-corrected chi connectivity index (χ1v) is 9.20. The van der Waals surface area contributed by atoms with Gasteiger partial charge in [-0.05, 0) is 87.1 Å². The summed E-state index contributed by atoms with van der Waals surface area (Å²) in [5, 5.41) is 14.8. The van der Waals surface area contributed by atoms with E-state index in [1.54, 1.807) is 0 Å². The number of rotatable bonds is 2. The molecule has 0 amide bonds. The van der Waals surface area contributed by atoms with Gasteiger partial charge < -0.3 is 21.7 Å². The van der Waals surface area contributed by atoms with Gasteiger partial charge in [0, 0.05) is 0 Å². The van der Waals surface area contributed by atoms with Crippen molar-refractivity contribution in [3.05, 3.63) is 0 Å². The van der Waals surface area contributed by atoms with E-state index in [0.717, 1.165) is 35.8 Å². The third-order valence-corrected chi connectivity index (χ3v) is 6.56. The Morgan fingerprint density at radius 2 is 1.04 bits per heavy atom. The lowest BCUT2D eigenvalue weighted by atomic mass is 9.52. The quantitative estimate of drug-likeness (QED) is 0.571. The van der Waals surface area contributed by atoms with Crippen molar-refractivity contribution in [2.24, 2.45) is 34.1 Å². The fourth-order valence-corrected chi connectivity index (χ4v) is 4.83. The Hall–Kier alpha value is -1.14. The normalized spacial score (nSPS) is 27.8. The Labute approximate surface area is 144 Å². The van der Waals surface area contributed by atoms with Gasteiger partial charge in [0.1, 0.15) is 0 Å². The van der Waals surface area contributed by atoms with E-state index in [9.17, 15) is 0 Å². The molecule has 6 N–H and O–H groups in total. The van der Waals surface area contributed by atoms with Gasteiger partial charge in [-0.15, -0.1) is 0 Å². The molecule has 138 valence electrons. The van der Waals surface area contributed by atoms with E-state index in [4.69, 9.17) is 31.3 Å². The van der Waals surface area contributed by atoms with Gasteiger partial charge in [0.05, 0.1) is 0 Å². The zero-order valence-corrected chi connectivity index (χ0v) is 14.5. The minimum atomic E-state index is -1.82. The molecule has 0 aliphatic heterocycles. The second-order valence-electron chi connectivity index (χ2n) is 8.34. The van der Waals surface area contributed by atoms with Gasteiger partial charge >= 0.3 is 11.9 Å². The molecule has 0 aromatic heterocycles. The van der Waals surface area contributed by atoms with Crippen LogP contribution in [0, 0.1) is 22.7 Å². The summed E-state index contributed by atoms with van der Waals surface area (Å²) in [5.74, 6) is -1.86. The second kappa shape index (κ2) is 7.83. The largest absolute Gasteiger partial charge is 0.473 e. The molecule has 4 fully saturated rings. The van der Waals surface area contributed by atoms with Crippen LogP contribution in [0.4, 0.5) is 0 Å². The minimum absolute atomic E-state index is 0.837. The molecule has 0 atom stereocenters. The molecule has 4 aliphatic rings. The number of aliphatic carboxylic acids is 2. The zero-order chi connectivity index (χ0) is 17.8. The Bertz CT molecular complexity index is 400. The van der Waals surface area contributed by atoms with Gasteiger partial charge in [-0.2, -0.15) is 0 Å². The highest BCUT2D eigenvalue weighted by Crippen LogP contribution is 2.58. The number of carboxylic acids is 2. The third-order valence-electron chi connectivity index (χ3n) is 6.56. The summed E-state index contributed by atoms with van der Waals surface area (Å²) in [6, 6.07) is 0. The van der Waals surface area contributed by atoms with Gasteiger partial charge in [-0.25, -0.2) is 9.59 Å². The summed E-state index contributed by atoms with van der Waals surface area (Å²) >= 11 is 0. The van der Waals surface area contributed by atoms with Crippen molar-refractivity contribution >= 4 is 11.9 Å². The first kappa shape index (κ1) is 19.2. The predicted octanol–water partition coefficient (Wildman–Crippen LogP) is 2.21. The lowest BCUT2D eigenvalue weighted by molar-refractivity contribution is -0.159. The molecule has 6 heteroatoms. The number of carboxylic acid groups (broad SMARTS) is 2. The monoisotopic (exact) mass is 340 g/mol. The number of hydrogen-bond acceptors (Lipinski definition) is 4. The number of hydrogen-bond donors (Lipinski definition) is 4. The second-order valence-corrected chi connectivity index (χ2v) is 8.34. The van der Waals surface area contributed by atoms with E-state index in [1.807, 2.05) is 0 Å². The maximum atomic E-state index is 9.10. The van der Waals surface area contributed by atoms with Crippen LogP contribution >= 0.6 is 0 Å². The highest BCUT2D eigenvalue weighted by atomic mass is 16.4. The maximum Gasteiger partial charge on any atom is 0.414 e. The standard InChI is InChI=1S/2C8H15N.C2H2O4/c2*9-6-7-4-8(5-7)2-1-3-8;3-1(4)2(5)6/h2*7H,1-6,9H2;(H,3,4)(H,5,6). The highest BCUT2D eigenvalue weighted by Gasteiger charge is 2.47. The molecule has 0 aromatic carbocycles. The summed E-state index contributed by atoms with van der Waals surface area (Å²) in [5.41, 5.74) is 12.7. The van der Waals surface area contributed by atoms with E-state index in [2.05, 4.69) is 0 Å². The molecule has 6 nitrogen and oxygen atoms in total. The van der Waals surface area contributed by atoms with E-state index >= 15 is 0 Å². The summed E-state index contributed by atoms with van der Waals surface area (Å²) in [4.78, 5) is 18.2. The summed E-state index contributed by atoms with van der Waals surface area (Å²) in [6.07, 6.45) is 14.8. The van der Waals surface area contributed by atoms with Gasteiger partial charge in [0.15, 0.2) is 0 Å². The number of nitrogens with two attached hydrogens (primary N) is 2. The molecule has 0 saturated heterocycles. The van der Waals surface area contributed by atoms with Crippen LogP contribution in [0.15, 0.2) is 0 Å². The maximum absolute atomic E-state index is 9.10. The molecule has 4 aliphatic carbocycles. The van der Waals surface area contributed by atoms with Crippen LogP contribution in [0.25, 0.3) is 0 Å². The van der Waals surface area contributed by atoms with Crippen LogP contribution < -0.4 is 11.5 Å². The molecule has 4 saturated carbocycles. The Morgan fingerprint density at radius 1 is 0.750 bits per heavy atom. The van der Waals surface area contributed by atoms with E-state index < -0.39 is 11.9 Å². The molecule has 0 aromatic rings. The molecular weight excluding hydrogens is 308 g/mol. The smallest absolute Gasteiger partial charge is 0.414 e. The zero-order valence-electron chi connectivity index (χ0n) is 14.5. The van der Waals surface area contributed by atoms with Crippen molar-refractivity contribution < 1.29 is 19.8 Å². The molecule has 0 unspecified atom stereocenters. The van der Waals surface area contributed by atoms with Gasteiger partial charge in [0.2, 0.25) is 0 Å². The SMILES string of the molecule is NCC1CC2(CCC2)C1.NCC1CC2(CCC2)C1.O=C(O)C(=O)O. The fraction of sp³-hybridized carbons (Fsp3) is 0.889. The van der Waals surface area contributed by atoms with Crippen LogP contribution in [0.2, 0.25) is 0 Å². The van der Waals surface area contributed by atoms with Crippen LogP contribution in [-0.2, 0) is 9.59 Å². The molecule has 2 spiro atoms. The van der Waals surface area contributed by atoms with Gasteiger partial charge in [-0.3, -0.25) is 0 Å². The van der Waals surface area contributed by atoms with Crippen LogP contribution in [0.3, 0.4) is 0 Å². The highest BCUT2D eigenvalue weighted by molar-refractivity contribution is 6.27. The molecule has 24 heavy (non-hydrogen) atoms. The molecule has 0 heterocycles. The molecular formula is C18H32N2O4. The minimum Gasteiger partial charge on any atom is -0.473 e. The lowest BCUT2D eigenvalue weighted by Crippen LogP contribution is -2.45. The van der Waals surface area contributed by atoms with Crippen molar-refractivity contribution in [3.8, 4) is 0 Å². The fourth-order valence-electron chi connectivity index (χ4n) is 4.83. The molecule has 4 rings (SSSR count). The topological polar surface area (TPSA) is 127 Å². The van der Waals surface area contributed by atoms with Crippen molar-refractivity contribution in [2.45, 2.75) is 64.2 Å². The summed E-state index contributed by atoms with van der Waals surface area (Å²) < 4.78 is 0. The first-order chi connectivity index (χ1) is 11.3. The first-order valence-electron chi connectivity index (χ1n) is 9.20. The Balaban J connectivity index is 0.000000134. The average molecular weight is 340 g/mol. The lowest BCUT2D eigenvalue weighted by Gasteiger charge is -2.54. The van der Waals surface area contributed by atoms with E-state index in [1.165, 1.54) is 64.2 Å². The van der Waals surface area contributed by atoms with Crippen molar-refractivity contribution in [1.29, 1.82) is 0 Å². The summed E-state index contributed by atoms with van der Waals surface area (Å²) in [7, 11) is 0. The molecule has 0 radical (unpaired) electrons. The summed E-state index contributed by atoms with van der Waals surface area (Å²) in [6.45, 7) is 1.86. The van der Waals surface area contributed by atoms with Crippen LogP contribution in [0.5, 0.6) is 0 Å². The predicted molar refractivity (Wildman–Crippen MR) is 91.4 cm³/mol. The van der Waals surface area contributed by atoms with Crippen molar-refractivity contribution in [3.63, 3.8) is 0 Å². The van der Waals surface area contributed by atoms with Crippen LogP contribution in [-0.4, -0.2) is 35.2 Å². The van der Waals surface area contributed by atoms with Gasteiger partial charge in [0.25, 0.3) is 0 Å². The van der Waals surface area contributed by atoms with E-state index in [-0.39, 0.29) is 0 Å². The van der Waals surface area contributed by atoms with Gasteiger partial charge in [-0.1, -0.05) is 12.8 Å². The van der Waals surface area contributed by atoms with Crippen molar-refractivity contribution in [2.75, 3.05) is 13.1 Å². The van der Waals surface area contributed by atoms with Crippen LogP contribution in [0.1, 0.15) is 64.2 Å². The Morgan fingerprint density at radius 3 is 1.17 bits per heavy atom. The molecule has 0 bridgehead atoms. The Kier molecular flexibility index (Phi) is 6.26. The van der Waals surface area contributed by atoms with E-state index in [0.29, 0.717) is 0 Å². The van der Waals surface area contributed by atoms with Crippen molar-refractivity contribution in [1.82, 2.24) is 0 Å². The number of carbonyl (C=O) groups is 2. The average Bonchev–Trinajstić information content (AvgIpc) is 2.34. The third kappa shape index (κ3) is 4.48.